The molecule has 1 aliphatic rings. The molecule has 1 heterocycles. The van der Waals surface area contributed by atoms with E-state index in [0.717, 1.165) is 30.6 Å². The van der Waals surface area contributed by atoms with Gasteiger partial charge in [0.25, 0.3) is 0 Å². The summed E-state index contributed by atoms with van der Waals surface area (Å²) in [6.07, 6.45) is 2.34. The Morgan fingerprint density at radius 2 is 1.94 bits per heavy atom. The smallest absolute Gasteiger partial charge is 0.243 e. The van der Waals surface area contributed by atoms with Crippen molar-refractivity contribution in [2.45, 2.75) is 51.6 Å². The van der Waals surface area contributed by atoms with E-state index in [-0.39, 0.29) is 37.3 Å². The average Bonchev–Trinajstić information content (AvgIpc) is 2.82. The molecule has 0 radical (unpaired) electrons. The summed E-state index contributed by atoms with van der Waals surface area (Å²) < 4.78 is 5.98. The number of rotatable bonds is 4. The summed E-state index contributed by atoms with van der Waals surface area (Å²) in [5.41, 5.74) is 1.06. The van der Waals surface area contributed by atoms with Gasteiger partial charge in [0.05, 0.1) is 12.6 Å². The molecule has 0 saturated heterocycles. The maximum Gasteiger partial charge on any atom is 0.243 e. The van der Waals surface area contributed by atoms with E-state index in [1.54, 1.807) is 7.05 Å². The molecule has 1 aliphatic heterocycles. The number of nitrogens with zero attached hydrogens (tertiary/aromatic N) is 1. The summed E-state index contributed by atoms with van der Waals surface area (Å²) in [7, 11) is 1.56. The van der Waals surface area contributed by atoms with Crippen LogP contribution >= 0.6 is 0 Å². The summed E-state index contributed by atoms with van der Waals surface area (Å²) in [4.78, 5) is 39.6. The van der Waals surface area contributed by atoms with Crippen molar-refractivity contribution in [2.75, 3.05) is 39.9 Å². The maximum absolute atomic E-state index is 13.3. The molecule has 33 heavy (non-hydrogen) atoms. The van der Waals surface area contributed by atoms with Crippen LogP contribution in [0, 0.1) is 5.92 Å². The van der Waals surface area contributed by atoms with Crippen LogP contribution in [0.15, 0.2) is 24.3 Å². The fourth-order valence-electron chi connectivity index (χ4n) is 3.84. The van der Waals surface area contributed by atoms with Gasteiger partial charge in [-0.2, -0.15) is 0 Å². The molecular formula is C24H38N4O5. The van der Waals surface area contributed by atoms with Crippen LogP contribution in [0.2, 0.25) is 0 Å². The minimum absolute atomic E-state index is 0.0291. The number of para-hydroxylation sites is 1. The second-order valence-electron chi connectivity index (χ2n) is 8.42. The Hall–Kier alpha value is -2.65. The highest BCUT2D eigenvalue weighted by atomic mass is 16.5. The van der Waals surface area contributed by atoms with Crippen LogP contribution in [0.4, 0.5) is 0 Å². The molecular weight excluding hydrogens is 424 g/mol. The topological polar surface area (TPSA) is 120 Å². The van der Waals surface area contributed by atoms with Gasteiger partial charge in [-0.05, 0) is 36.8 Å². The molecule has 3 unspecified atom stereocenters. The minimum Gasteiger partial charge on any atom is -0.492 e. The Morgan fingerprint density at radius 1 is 1.18 bits per heavy atom. The molecule has 0 bridgehead atoms. The Labute approximate surface area is 196 Å². The number of amides is 3. The predicted octanol–water partition coefficient (Wildman–Crippen LogP) is 0.458. The zero-order valence-electron chi connectivity index (χ0n) is 19.9. The van der Waals surface area contributed by atoms with Gasteiger partial charge in [-0.25, -0.2) is 0 Å². The lowest BCUT2D eigenvalue weighted by molar-refractivity contribution is -0.142. The van der Waals surface area contributed by atoms with Crippen LogP contribution in [0.3, 0.4) is 0 Å². The highest BCUT2D eigenvalue weighted by Gasteiger charge is 2.33. The van der Waals surface area contributed by atoms with Gasteiger partial charge in [-0.1, -0.05) is 38.5 Å². The van der Waals surface area contributed by atoms with Crippen LogP contribution in [0.1, 0.15) is 38.7 Å². The van der Waals surface area contributed by atoms with E-state index in [0.29, 0.717) is 19.7 Å². The third kappa shape index (κ3) is 8.01. The van der Waals surface area contributed by atoms with Crippen molar-refractivity contribution in [2.24, 2.45) is 5.92 Å². The third-order valence-electron chi connectivity index (χ3n) is 6.06. The number of carbonyl (C=O) groups excluding carboxylic acids is 3. The van der Waals surface area contributed by atoms with E-state index in [4.69, 9.17) is 4.74 Å². The first kappa shape index (κ1) is 26.6. The zero-order chi connectivity index (χ0) is 24.2. The molecule has 4 N–H and O–H groups in total. The fraction of sp³-hybridized carbons (Fsp3) is 0.625. The number of hydrogen-bond acceptors (Lipinski definition) is 6. The van der Waals surface area contributed by atoms with Crippen molar-refractivity contribution in [1.82, 2.24) is 20.9 Å². The monoisotopic (exact) mass is 462 g/mol. The zero-order valence-corrected chi connectivity index (χ0v) is 19.9. The Kier molecular flexibility index (Phi) is 11.1. The highest BCUT2D eigenvalue weighted by molar-refractivity contribution is 5.91. The van der Waals surface area contributed by atoms with E-state index in [1.807, 2.05) is 38.1 Å². The number of aliphatic hydroxyl groups is 1. The first-order valence-electron chi connectivity index (χ1n) is 11.7. The molecule has 0 aliphatic carbocycles. The Morgan fingerprint density at radius 3 is 2.67 bits per heavy atom. The number of likely N-dealkylation sites (N-methyl/N-ethyl adjacent to an activating group) is 1. The van der Waals surface area contributed by atoms with E-state index < -0.39 is 18.0 Å². The minimum atomic E-state index is -0.870. The molecule has 0 saturated carbocycles. The quantitative estimate of drug-likeness (QED) is 0.516. The lowest BCUT2D eigenvalue weighted by Gasteiger charge is -2.33. The van der Waals surface area contributed by atoms with E-state index >= 15 is 0 Å². The molecule has 2 rings (SSSR count). The SMILES string of the molecule is CCC(C)C1NCCOc2ccccc2CCCNC(=O)CNC(=O)C(CCO)N(C)C1=O. The number of aliphatic hydroxyl groups excluding tert-OH is 1. The van der Waals surface area contributed by atoms with Crippen molar-refractivity contribution in [3.05, 3.63) is 29.8 Å². The summed E-state index contributed by atoms with van der Waals surface area (Å²) >= 11 is 0. The van der Waals surface area contributed by atoms with Crippen LogP contribution in [0.5, 0.6) is 5.75 Å². The Bertz CT molecular complexity index is 788. The van der Waals surface area contributed by atoms with E-state index in [1.165, 1.54) is 4.90 Å². The molecule has 3 amide bonds. The van der Waals surface area contributed by atoms with Gasteiger partial charge in [0.2, 0.25) is 17.7 Å². The summed E-state index contributed by atoms with van der Waals surface area (Å²) in [5.74, 6) is -0.169. The number of fused-ring (bicyclic) bond motifs is 1. The van der Waals surface area contributed by atoms with Gasteiger partial charge < -0.3 is 30.7 Å². The standard InChI is InChI=1S/C24H38N4O5/c1-4-17(2)22-24(32)28(3)19(11-14-29)23(31)27-16-21(30)25-12-7-9-18-8-5-6-10-20(18)33-15-13-26-22/h5-6,8,10,17,19,22,26,29H,4,7,9,11-16H2,1-3H3,(H,25,30)(H,27,31). The van der Waals surface area contributed by atoms with Crippen molar-refractivity contribution in [3.8, 4) is 5.75 Å². The predicted molar refractivity (Wildman–Crippen MR) is 126 cm³/mol. The second kappa shape index (κ2) is 13.8. The fourth-order valence-corrected chi connectivity index (χ4v) is 3.84. The van der Waals surface area contributed by atoms with Crippen molar-refractivity contribution < 1.29 is 24.2 Å². The van der Waals surface area contributed by atoms with Crippen LogP contribution in [0.25, 0.3) is 0 Å². The van der Waals surface area contributed by atoms with Gasteiger partial charge >= 0.3 is 0 Å². The number of hydrogen-bond donors (Lipinski definition) is 4. The lowest BCUT2D eigenvalue weighted by Crippen LogP contribution is -2.56. The lowest BCUT2D eigenvalue weighted by atomic mass is 9.97. The number of benzene rings is 1. The molecule has 1 aromatic rings. The van der Waals surface area contributed by atoms with Crippen LogP contribution in [-0.4, -0.2) is 79.7 Å². The van der Waals surface area contributed by atoms with E-state index in [2.05, 4.69) is 16.0 Å². The first-order chi connectivity index (χ1) is 15.9. The average molecular weight is 463 g/mol. The number of carbonyl (C=O) groups is 3. The Balaban J connectivity index is 2.22. The largest absolute Gasteiger partial charge is 0.492 e. The molecule has 3 atom stereocenters. The van der Waals surface area contributed by atoms with Crippen molar-refractivity contribution in [3.63, 3.8) is 0 Å². The normalized spacial score (nSPS) is 22.8. The van der Waals surface area contributed by atoms with Gasteiger partial charge in [0, 0.05) is 26.7 Å². The van der Waals surface area contributed by atoms with Gasteiger partial charge in [-0.3, -0.25) is 14.4 Å². The first-order valence-corrected chi connectivity index (χ1v) is 11.7. The molecule has 0 fully saturated rings. The number of ether oxygens (including phenoxy) is 1. The maximum atomic E-state index is 13.3. The van der Waals surface area contributed by atoms with Crippen LogP contribution in [-0.2, 0) is 20.8 Å². The number of nitrogens with one attached hydrogen (secondary N) is 3. The molecule has 184 valence electrons. The highest BCUT2D eigenvalue weighted by Crippen LogP contribution is 2.19. The van der Waals surface area contributed by atoms with E-state index in [9.17, 15) is 19.5 Å². The third-order valence-corrected chi connectivity index (χ3v) is 6.06. The summed E-state index contributed by atoms with van der Waals surface area (Å²) in [5, 5.41) is 18.2. The number of aryl methyl sites for hydroxylation is 1. The molecule has 1 aromatic carbocycles. The van der Waals surface area contributed by atoms with Gasteiger partial charge in [0.15, 0.2) is 0 Å². The molecule has 9 heteroatoms. The summed E-state index contributed by atoms with van der Waals surface area (Å²) in [6, 6.07) is 6.43. The van der Waals surface area contributed by atoms with Crippen molar-refractivity contribution >= 4 is 17.7 Å². The molecule has 0 aromatic heterocycles. The van der Waals surface area contributed by atoms with Crippen molar-refractivity contribution in [1.29, 1.82) is 0 Å². The molecule has 0 spiro atoms. The van der Waals surface area contributed by atoms with Gasteiger partial charge in [-0.15, -0.1) is 0 Å². The molecule has 9 nitrogen and oxygen atoms in total. The van der Waals surface area contributed by atoms with Gasteiger partial charge in [0.1, 0.15) is 18.4 Å². The summed E-state index contributed by atoms with van der Waals surface area (Å²) in [6.45, 7) is 4.88. The van der Waals surface area contributed by atoms with Crippen LogP contribution < -0.4 is 20.7 Å². The second-order valence-corrected chi connectivity index (χ2v) is 8.42.